The van der Waals surface area contributed by atoms with E-state index in [1.165, 1.54) is 43.2 Å². The van der Waals surface area contributed by atoms with Crippen molar-refractivity contribution in [3.63, 3.8) is 0 Å². The van der Waals surface area contributed by atoms with Crippen LogP contribution in [0.15, 0.2) is 119 Å². The van der Waals surface area contributed by atoms with Crippen LogP contribution in [0, 0.1) is 11.3 Å². The lowest BCUT2D eigenvalue weighted by atomic mass is 9.66. The lowest BCUT2D eigenvalue weighted by molar-refractivity contribution is 0.00578. The van der Waals surface area contributed by atoms with E-state index in [0.717, 1.165) is 16.6 Å². The van der Waals surface area contributed by atoms with Gasteiger partial charge in [0, 0.05) is 9.79 Å². The molecule has 5 aromatic carbocycles. The molecular formula is C38H30BNO2S. The van der Waals surface area contributed by atoms with Gasteiger partial charge in [0.05, 0.1) is 28.2 Å². The maximum absolute atomic E-state index is 9.37. The van der Waals surface area contributed by atoms with E-state index in [0.29, 0.717) is 5.56 Å². The van der Waals surface area contributed by atoms with Crippen LogP contribution in [0.1, 0.15) is 55.5 Å². The normalized spacial score (nSPS) is 18.0. The Morgan fingerprint density at radius 3 is 1.84 bits per heavy atom. The van der Waals surface area contributed by atoms with Gasteiger partial charge in [-0.25, -0.2) is 0 Å². The molecule has 2 aliphatic heterocycles. The first kappa shape index (κ1) is 26.5. The van der Waals surface area contributed by atoms with Crippen LogP contribution in [0.3, 0.4) is 0 Å². The number of rotatable bonds is 2. The van der Waals surface area contributed by atoms with E-state index >= 15 is 0 Å². The zero-order chi connectivity index (χ0) is 29.6. The van der Waals surface area contributed by atoms with Crippen molar-refractivity contribution in [2.45, 2.75) is 54.1 Å². The molecule has 1 saturated heterocycles. The molecule has 0 N–H and O–H groups in total. The molecular weight excluding hydrogens is 545 g/mol. The highest BCUT2D eigenvalue weighted by atomic mass is 32.2. The zero-order valence-electron chi connectivity index (χ0n) is 24.6. The molecule has 1 aliphatic carbocycles. The molecule has 0 aromatic heterocycles. The third kappa shape index (κ3) is 3.64. The van der Waals surface area contributed by atoms with Crippen LogP contribution in [-0.4, -0.2) is 18.3 Å². The van der Waals surface area contributed by atoms with Crippen LogP contribution in [0.4, 0.5) is 0 Å². The molecule has 0 unspecified atom stereocenters. The molecule has 1 fully saturated rings. The maximum atomic E-state index is 9.37. The predicted molar refractivity (Wildman–Crippen MR) is 174 cm³/mol. The van der Waals surface area contributed by atoms with Gasteiger partial charge < -0.3 is 9.31 Å². The standard InChI is InChI=1S/C38H30BNO2S/c1-36(2)37(3,4)42-39(41-36)32-13-9-12-31-35(32)27-22-26(25-18-16-24(23-40)17-19-25)20-21-28(27)38(31)29-10-5-7-14-33(29)43-34-15-8-6-11-30(34)38/h5-22H,1-4H3. The molecule has 0 amide bonds. The van der Waals surface area contributed by atoms with Gasteiger partial charge in [0.1, 0.15) is 0 Å². The first-order valence-electron chi connectivity index (χ1n) is 14.8. The third-order valence-corrected chi connectivity index (χ3v) is 11.0. The van der Waals surface area contributed by atoms with Gasteiger partial charge in [-0.1, -0.05) is 90.6 Å². The fourth-order valence-electron chi connectivity index (χ4n) is 7.06. The van der Waals surface area contributed by atoms with Crippen LogP contribution in [0.2, 0.25) is 0 Å². The first-order chi connectivity index (χ1) is 20.7. The quantitative estimate of drug-likeness (QED) is 0.194. The predicted octanol–water partition coefficient (Wildman–Crippen LogP) is 8.35. The van der Waals surface area contributed by atoms with Gasteiger partial charge in [0.2, 0.25) is 0 Å². The van der Waals surface area contributed by atoms with Crippen LogP contribution < -0.4 is 5.46 Å². The molecule has 0 bridgehead atoms. The minimum absolute atomic E-state index is 0.454. The molecule has 2 heterocycles. The van der Waals surface area contributed by atoms with Crippen molar-refractivity contribution in [2.24, 2.45) is 0 Å². The number of hydrogen-bond donors (Lipinski definition) is 0. The largest absolute Gasteiger partial charge is 0.495 e. The van der Waals surface area contributed by atoms with Gasteiger partial charge in [-0.05, 0) is 108 Å². The number of nitrogens with zero attached hydrogens (tertiary/aromatic N) is 1. The van der Waals surface area contributed by atoms with Crippen LogP contribution >= 0.6 is 11.8 Å². The topological polar surface area (TPSA) is 42.2 Å². The Morgan fingerprint density at radius 1 is 0.628 bits per heavy atom. The Morgan fingerprint density at radius 2 is 1.21 bits per heavy atom. The molecule has 1 spiro atoms. The molecule has 3 aliphatic rings. The molecule has 5 aromatic rings. The van der Waals surface area contributed by atoms with Crippen molar-refractivity contribution >= 4 is 24.3 Å². The lowest BCUT2D eigenvalue weighted by Gasteiger charge is -2.39. The Balaban J connectivity index is 1.45. The van der Waals surface area contributed by atoms with Crippen molar-refractivity contribution in [3.05, 3.63) is 137 Å². The third-order valence-electron chi connectivity index (χ3n) is 9.85. The minimum atomic E-state index is -0.495. The van der Waals surface area contributed by atoms with E-state index in [2.05, 4.69) is 119 Å². The lowest BCUT2D eigenvalue weighted by Crippen LogP contribution is -2.41. The number of hydrogen-bond acceptors (Lipinski definition) is 4. The summed E-state index contributed by atoms with van der Waals surface area (Å²) in [5, 5.41) is 9.37. The summed E-state index contributed by atoms with van der Waals surface area (Å²) in [6.45, 7) is 8.44. The average Bonchev–Trinajstić information content (AvgIpc) is 3.43. The molecule has 0 atom stereocenters. The molecule has 208 valence electrons. The molecule has 5 heteroatoms. The molecule has 3 nitrogen and oxygen atoms in total. The molecule has 8 rings (SSSR count). The number of nitriles is 1. The zero-order valence-corrected chi connectivity index (χ0v) is 25.5. The van der Waals surface area contributed by atoms with Crippen LogP contribution in [0.25, 0.3) is 22.3 Å². The Labute approximate surface area is 257 Å². The SMILES string of the molecule is CC1(C)OB(c2cccc3c2-c2cc(-c4ccc(C#N)cc4)ccc2C32c3ccccc3Sc3ccccc32)OC1(C)C. The highest BCUT2D eigenvalue weighted by Gasteiger charge is 2.55. The van der Waals surface area contributed by atoms with Gasteiger partial charge >= 0.3 is 7.12 Å². The van der Waals surface area contributed by atoms with Gasteiger partial charge in [-0.2, -0.15) is 5.26 Å². The van der Waals surface area contributed by atoms with E-state index < -0.39 is 23.7 Å². The van der Waals surface area contributed by atoms with Crippen molar-refractivity contribution in [2.75, 3.05) is 0 Å². The second kappa shape index (κ2) is 9.21. The summed E-state index contributed by atoms with van der Waals surface area (Å²) in [5.41, 5.74) is 10.0. The summed E-state index contributed by atoms with van der Waals surface area (Å²) in [7, 11) is -0.495. The van der Waals surface area contributed by atoms with Gasteiger partial charge in [0.25, 0.3) is 0 Å². The van der Waals surface area contributed by atoms with Crippen molar-refractivity contribution in [1.29, 1.82) is 5.26 Å². The van der Waals surface area contributed by atoms with E-state index in [1.54, 1.807) is 0 Å². The smallest absolute Gasteiger partial charge is 0.399 e. The van der Waals surface area contributed by atoms with Crippen LogP contribution in [0.5, 0.6) is 0 Å². The summed E-state index contributed by atoms with van der Waals surface area (Å²) >= 11 is 1.85. The van der Waals surface area contributed by atoms with Crippen molar-refractivity contribution in [1.82, 2.24) is 0 Å². The highest BCUT2D eigenvalue weighted by molar-refractivity contribution is 7.99. The van der Waals surface area contributed by atoms with Gasteiger partial charge in [-0.3, -0.25) is 0 Å². The van der Waals surface area contributed by atoms with E-state index in [1.807, 2.05) is 36.0 Å². The Bertz CT molecular complexity index is 1930. The number of fused-ring (bicyclic) bond motifs is 9. The second-order valence-corrected chi connectivity index (χ2v) is 13.7. The summed E-state index contributed by atoms with van der Waals surface area (Å²) < 4.78 is 13.4. The summed E-state index contributed by atoms with van der Waals surface area (Å²) in [4.78, 5) is 2.55. The molecule has 0 radical (unpaired) electrons. The Hall–Kier alpha value is -4.08. The first-order valence-corrected chi connectivity index (χ1v) is 15.6. The van der Waals surface area contributed by atoms with E-state index in [9.17, 15) is 5.26 Å². The summed E-state index contributed by atoms with van der Waals surface area (Å²) in [5.74, 6) is 0. The van der Waals surface area contributed by atoms with Crippen molar-refractivity contribution < 1.29 is 9.31 Å². The monoisotopic (exact) mass is 575 g/mol. The van der Waals surface area contributed by atoms with E-state index in [4.69, 9.17) is 9.31 Å². The summed E-state index contributed by atoms with van der Waals surface area (Å²) in [6.07, 6.45) is 0. The van der Waals surface area contributed by atoms with E-state index in [-0.39, 0.29) is 0 Å². The average molecular weight is 576 g/mol. The fraction of sp³-hybridized carbons (Fsp3) is 0.184. The van der Waals surface area contributed by atoms with Gasteiger partial charge in [-0.15, -0.1) is 0 Å². The fourth-order valence-corrected chi connectivity index (χ4v) is 8.26. The molecule has 43 heavy (non-hydrogen) atoms. The Kier molecular flexibility index (Phi) is 5.69. The molecule has 0 saturated carbocycles. The minimum Gasteiger partial charge on any atom is -0.399 e. The summed E-state index contributed by atoms with van der Waals surface area (Å²) in [6, 6.07) is 41.3. The number of benzene rings is 5. The van der Waals surface area contributed by atoms with Gasteiger partial charge in [0.15, 0.2) is 0 Å². The van der Waals surface area contributed by atoms with Crippen LogP contribution in [-0.2, 0) is 14.7 Å². The highest BCUT2D eigenvalue weighted by Crippen LogP contribution is 2.62. The van der Waals surface area contributed by atoms with Crippen molar-refractivity contribution in [3.8, 4) is 28.3 Å². The second-order valence-electron chi connectivity index (χ2n) is 12.7. The maximum Gasteiger partial charge on any atom is 0.495 e.